The van der Waals surface area contributed by atoms with Gasteiger partial charge in [-0.15, -0.1) is 11.3 Å². The van der Waals surface area contributed by atoms with Crippen LogP contribution in [0.5, 0.6) is 0 Å². The van der Waals surface area contributed by atoms with Gasteiger partial charge in [0.15, 0.2) is 5.13 Å². The topological polar surface area (TPSA) is 80.1 Å². The molecule has 7 nitrogen and oxygen atoms in total. The summed E-state index contributed by atoms with van der Waals surface area (Å²) in [6.45, 7) is 3.71. The highest BCUT2D eigenvalue weighted by Crippen LogP contribution is 2.19. The second kappa shape index (κ2) is 9.58. The first-order valence-electron chi connectivity index (χ1n) is 10.2. The third kappa shape index (κ3) is 5.38. The number of nitrogens with zero attached hydrogens (tertiary/aromatic N) is 4. The van der Waals surface area contributed by atoms with E-state index in [9.17, 15) is 9.59 Å². The molecule has 8 heteroatoms. The number of hydrogen-bond donors (Lipinski definition) is 1. The molecule has 1 aliphatic heterocycles. The molecule has 4 rings (SSSR count). The Hall–Kier alpha value is -3.44. The molecule has 3 aromatic rings. The fraction of sp³-hybridized carbons (Fsp3) is 0.304. The van der Waals surface area contributed by atoms with Crippen molar-refractivity contribution < 1.29 is 9.59 Å². The van der Waals surface area contributed by atoms with Crippen molar-refractivity contribution in [1.82, 2.24) is 19.4 Å². The first-order valence-corrected chi connectivity index (χ1v) is 11.0. The first kappa shape index (κ1) is 20.8. The molecule has 4 heterocycles. The fourth-order valence-corrected chi connectivity index (χ4v) is 4.15. The maximum atomic E-state index is 12.7. The van der Waals surface area contributed by atoms with Crippen molar-refractivity contribution in [3.8, 4) is 11.8 Å². The van der Waals surface area contributed by atoms with E-state index in [1.165, 1.54) is 11.3 Å². The lowest BCUT2D eigenvalue weighted by atomic mass is 9.97. The van der Waals surface area contributed by atoms with Gasteiger partial charge < -0.3 is 9.47 Å². The minimum Gasteiger partial charge on any atom is -0.343 e. The molecule has 1 fully saturated rings. The number of pyridine rings is 1. The van der Waals surface area contributed by atoms with Gasteiger partial charge in [0.2, 0.25) is 5.91 Å². The molecule has 2 amide bonds. The Morgan fingerprint density at radius 1 is 1.23 bits per heavy atom. The van der Waals surface area contributed by atoms with Crippen molar-refractivity contribution in [2.75, 3.05) is 18.4 Å². The molecule has 0 aromatic carbocycles. The van der Waals surface area contributed by atoms with Gasteiger partial charge in [0.1, 0.15) is 11.4 Å². The number of likely N-dealkylation sites (tertiary alicyclic amines) is 1. The standard InChI is InChI=1S/C23H23N5O2S/c1-17(29)27-13-8-18(9-14-27)4-5-20-16-31-23(25-20)26-22(30)21-3-2-12-28(21)15-19-6-10-24-11-7-19/h2-3,6-7,10-12,16,18H,8-9,13-15H2,1H3,(H,25,26,30). The smallest absolute Gasteiger partial charge is 0.274 e. The van der Waals surface area contributed by atoms with E-state index < -0.39 is 0 Å². The molecule has 3 aromatic heterocycles. The summed E-state index contributed by atoms with van der Waals surface area (Å²) in [5.74, 6) is 6.57. The molecule has 1 saturated heterocycles. The van der Waals surface area contributed by atoms with E-state index in [4.69, 9.17) is 0 Å². The van der Waals surface area contributed by atoms with Gasteiger partial charge >= 0.3 is 0 Å². The van der Waals surface area contributed by atoms with Gasteiger partial charge in [-0.05, 0) is 48.6 Å². The highest BCUT2D eigenvalue weighted by atomic mass is 32.1. The molecule has 1 aliphatic rings. The molecule has 0 spiro atoms. The van der Waals surface area contributed by atoms with E-state index in [1.54, 1.807) is 25.4 Å². The quantitative estimate of drug-likeness (QED) is 0.641. The molecular weight excluding hydrogens is 410 g/mol. The van der Waals surface area contributed by atoms with Gasteiger partial charge in [-0.3, -0.25) is 19.9 Å². The molecule has 0 unspecified atom stereocenters. The zero-order valence-electron chi connectivity index (χ0n) is 17.2. The molecular formula is C23H23N5O2S. The van der Waals surface area contributed by atoms with E-state index in [0.717, 1.165) is 31.5 Å². The number of thiazole rings is 1. The zero-order valence-corrected chi connectivity index (χ0v) is 18.1. The Morgan fingerprint density at radius 3 is 2.74 bits per heavy atom. The zero-order chi connectivity index (χ0) is 21.6. The van der Waals surface area contributed by atoms with Crippen LogP contribution in [0, 0.1) is 17.8 Å². The minimum absolute atomic E-state index is 0.123. The number of nitrogens with one attached hydrogen (secondary N) is 1. The summed E-state index contributed by atoms with van der Waals surface area (Å²) < 4.78 is 1.90. The summed E-state index contributed by atoms with van der Waals surface area (Å²) in [7, 11) is 0. The lowest BCUT2D eigenvalue weighted by Crippen LogP contribution is -2.36. The molecule has 0 bridgehead atoms. The van der Waals surface area contributed by atoms with Crippen molar-refractivity contribution in [2.45, 2.75) is 26.3 Å². The van der Waals surface area contributed by atoms with Crippen LogP contribution in [0.25, 0.3) is 0 Å². The summed E-state index contributed by atoms with van der Waals surface area (Å²) in [6.07, 6.45) is 7.13. The lowest BCUT2D eigenvalue weighted by Gasteiger charge is -2.28. The van der Waals surface area contributed by atoms with Crippen LogP contribution in [-0.2, 0) is 11.3 Å². The SMILES string of the molecule is CC(=O)N1CCC(C#Cc2csc(NC(=O)c3cccn3Cc3ccncc3)n2)CC1. The second-order valence-corrected chi connectivity index (χ2v) is 8.28. The summed E-state index contributed by atoms with van der Waals surface area (Å²) in [4.78, 5) is 34.5. The first-order chi connectivity index (χ1) is 15.1. The number of carbonyl (C=O) groups is 2. The average Bonchev–Trinajstić information content (AvgIpc) is 3.42. The predicted molar refractivity (Wildman–Crippen MR) is 120 cm³/mol. The average molecular weight is 434 g/mol. The number of aromatic nitrogens is 3. The van der Waals surface area contributed by atoms with Gasteiger partial charge in [-0.25, -0.2) is 4.98 Å². The molecule has 0 radical (unpaired) electrons. The fourth-order valence-electron chi connectivity index (χ4n) is 3.51. The largest absolute Gasteiger partial charge is 0.343 e. The van der Waals surface area contributed by atoms with Crippen molar-refractivity contribution in [3.05, 3.63) is 65.2 Å². The Bertz CT molecular complexity index is 1120. The van der Waals surface area contributed by atoms with E-state index in [-0.39, 0.29) is 17.7 Å². The Labute approximate surface area is 185 Å². The second-order valence-electron chi connectivity index (χ2n) is 7.42. The van der Waals surface area contributed by atoms with E-state index >= 15 is 0 Å². The maximum absolute atomic E-state index is 12.7. The number of piperidine rings is 1. The predicted octanol–water partition coefficient (Wildman–Crippen LogP) is 3.25. The van der Waals surface area contributed by atoms with E-state index in [1.807, 2.05) is 39.2 Å². The van der Waals surface area contributed by atoms with Crippen LogP contribution in [0.3, 0.4) is 0 Å². The molecule has 0 saturated carbocycles. The van der Waals surface area contributed by atoms with Gasteiger partial charge in [0.25, 0.3) is 5.91 Å². The molecule has 158 valence electrons. The summed E-state index contributed by atoms with van der Waals surface area (Å²) in [5, 5.41) is 5.25. The van der Waals surface area contributed by atoms with E-state index in [0.29, 0.717) is 23.1 Å². The van der Waals surface area contributed by atoms with E-state index in [2.05, 4.69) is 27.1 Å². The van der Waals surface area contributed by atoms with Gasteiger partial charge in [-0.1, -0.05) is 5.92 Å². The highest BCUT2D eigenvalue weighted by molar-refractivity contribution is 7.14. The third-order valence-electron chi connectivity index (χ3n) is 5.23. The molecule has 1 N–H and O–H groups in total. The van der Waals surface area contributed by atoms with Crippen molar-refractivity contribution >= 4 is 28.3 Å². The van der Waals surface area contributed by atoms with Crippen molar-refractivity contribution in [3.63, 3.8) is 0 Å². The van der Waals surface area contributed by atoms with Crippen LogP contribution in [0.2, 0.25) is 0 Å². The number of amides is 2. The Morgan fingerprint density at radius 2 is 2.00 bits per heavy atom. The van der Waals surface area contributed by atoms with Crippen molar-refractivity contribution in [2.24, 2.45) is 5.92 Å². The van der Waals surface area contributed by atoms with Crippen molar-refractivity contribution in [1.29, 1.82) is 0 Å². The Balaban J connectivity index is 1.35. The third-order valence-corrected chi connectivity index (χ3v) is 5.99. The van der Waals surface area contributed by atoms with Gasteiger partial charge in [0.05, 0.1) is 0 Å². The monoisotopic (exact) mass is 433 g/mol. The van der Waals surface area contributed by atoms with Gasteiger partial charge in [0, 0.05) is 56.4 Å². The number of rotatable bonds is 4. The normalized spacial score (nSPS) is 14.0. The Kier molecular flexibility index (Phi) is 6.43. The summed E-state index contributed by atoms with van der Waals surface area (Å²) in [6, 6.07) is 7.50. The molecule has 0 atom stereocenters. The number of anilines is 1. The molecule has 31 heavy (non-hydrogen) atoms. The lowest BCUT2D eigenvalue weighted by molar-refractivity contribution is -0.129. The van der Waals surface area contributed by atoms with Crippen LogP contribution < -0.4 is 5.32 Å². The van der Waals surface area contributed by atoms with Gasteiger partial charge in [-0.2, -0.15) is 0 Å². The summed E-state index contributed by atoms with van der Waals surface area (Å²) in [5.41, 5.74) is 2.29. The van der Waals surface area contributed by atoms with Crippen LogP contribution >= 0.6 is 11.3 Å². The minimum atomic E-state index is -0.204. The molecule has 0 aliphatic carbocycles. The van der Waals surface area contributed by atoms with Crippen LogP contribution in [0.1, 0.15) is 41.5 Å². The highest BCUT2D eigenvalue weighted by Gasteiger charge is 2.19. The van der Waals surface area contributed by atoms with Crippen LogP contribution in [0.4, 0.5) is 5.13 Å². The van der Waals surface area contributed by atoms with Crippen LogP contribution in [0.15, 0.2) is 48.2 Å². The number of carbonyl (C=O) groups excluding carboxylic acids is 2. The van der Waals surface area contributed by atoms with Crippen LogP contribution in [-0.4, -0.2) is 44.3 Å². The maximum Gasteiger partial charge on any atom is 0.274 e. The number of hydrogen-bond acceptors (Lipinski definition) is 5. The summed E-state index contributed by atoms with van der Waals surface area (Å²) >= 11 is 1.36.